The Hall–Kier alpha value is -1.69. The van der Waals surface area contributed by atoms with E-state index < -0.39 is 0 Å². The number of rotatable bonds is 1. The lowest BCUT2D eigenvalue weighted by atomic mass is 10.2. The van der Waals surface area contributed by atoms with E-state index in [1.165, 1.54) is 12.4 Å². The third-order valence-electron chi connectivity index (χ3n) is 2.64. The van der Waals surface area contributed by atoms with Gasteiger partial charge < -0.3 is 15.4 Å². The van der Waals surface area contributed by atoms with Gasteiger partial charge in [-0.05, 0) is 13.8 Å². The predicted molar refractivity (Wildman–Crippen MR) is 62.4 cm³/mol. The van der Waals surface area contributed by atoms with Gasteiger partial charge in [0.05, 0.1) is 12.2 Å². The quantitative estimate of drug-likeness (QED) is 0.758. The lowest BCUT2D eigenvalue weighted by molar-refractivity contribution is -0.0587. The number of nitrogens with zero attached hydrogens (tertiary/aromatic N) is 3. The van der Waals surface area contributed by atoms with Crippen LogP contribution < -0.4 is 5.73 Å². The van der Waals surface area contributed by atoms with Gasteiger partial charge in [0, 0.05) is 25.5 Å². The SMILES string of the molecule is C[C@@H]1CN(C(=O)c2nccnc2N)C[C@@H](C)O1. The van der Waals surface area contributed by atoms with Crippen LogP contribution in [0.2, 0.25) is 0 Å². The van der Waals surface area contributed by atoms with Gasteiger partial charge in [0.25, 0.3) is 5.91 Å². The van der Waals surface area contributed by atoms with Crippen molar-refractivity contribution in [3.05, 3.63) is 18.1 Å². The summed E-state index contributed by atoms with van der Waals surface area (Å²) < 4.78 is 5.57. The number of hydrogen-bond acceptors (Lipinski definition) is 5. The molecule has 1 saturated heterocycles. The summed E-state index contributed by atoms with van der Waals surface area (Å²) in [6.07, 6.45) is 2.99. The molecule has 0 radical (unpaired) electrons. The molecule has 1 aromatic heterocycles. The zero-order chi connectivity index (χ0) is 12.4. The fourth-order valence-corrected chi connectivity index (χ4v) is 2.01. The van der Waals surface area contributed by atoms with E-state index >= 15 is 0 Å². The molecular formula is C11H16N4O2. The van der Waals surface area contributed by atoms with Crippen LogP contribution in [0.4, 0.5) is 5.82 Å². The minimum absolute atomic E-state index is 0.0283. The van der Waals surface area contributed by atoms with E-state index in [9.17, 15) is 4.79 Å². The third kappa shape index (κ3) is 2.52. The molecule has 1 amide bonds. The topological polar surface area (TPSA) is 81.3 Å². The van der Waals surface area contributed by atoms with Crippen LogP contribution in [0.25, 0.3) is 0 Å². The number of amides is 1. The number of morpholine rings is 1. The average Bonchev–Trinajstić information content (AvgIpc) is 2.27. The summed E-state index contributed by atoms with van der Waals surface area (Å²) in [6, 6.07) is 0. The van der Waals surface area contributed by atoms with Gasteiger partial charge in [-0.3, -0.25) is 4.79 Å². The van der Waals surface area contributed by atoms with Gasteiger partial charge in [-0.15, -0.1) is 0 Å². The molecule has 2 atom stereocenters. The standard InChI is InChI=1S/C11H16N4O2/c1-7-5-15(6-8(2)17-7)11(16)9-10(12)14-4-3-13-9/h3-4,7-8H,5-6H2,1-2H3,(H2,12,14)/t7-,8-/m1/s1. The first-order chi connectivity index (χ1) is 8.08. The molecule has 2 heterocycles. The number of hydrogen-bond donors (Lipinski definition) is 1. The monoisotopic (exact) mass is 236 g/mol. The highest BCUT2D eigenvalue weighted by Crippen LogP contribution is 2.15. The van der Waals surface area contributed by atoms with Crippen molar-refractivity contribution in [2.75, 3.05) is 18.8 Å². The highest BCUT2D eigenvalue weighted by Gasteiger charge is 2.28. The van der Waals surface area contributed by atoms with E-state index in [0.717, 1.165) is 0 Å². The fourth-order valence-electron chi connectivity index (χ4n) is 2.01. The van der Waals surface area contributed by atoms with Crippen LogP contribution in [0.15, 0.2) is 12.4 Å². The normalized spacial score (nSPS) is 24.7. The molecule has 1 aliphatic rings. The number of aromatic nitrogens is 2. The van der Waals surface area contributed by atoms with Crippen LogP contribution in [0.1, 0.15) is 24.3 Å². The molecule has 1 aromatic rings. The van der Waals surface area contributed by atoms with E-state index in [0.29, 0.717) is 13.1 Å². The zero-order valence-electron chi connectivity index (χ0n) is 9.96. The summed E-state index contributed by atoms with van der Waals surface area (Å²) in [7, 11) is 0. The molecule has 2 N–H and O–H groups in total. The lowest BCUT2D eigenvalue weighted by Gasteiger charge is -2.35. The summed E-state index contributed by atoms with van der Waals surface area (Å²) in [6.45, 7) is 4.99. The zero-order valence-corrected chi connectivity index (χ0v) is 9.96. The number of nitrogen functional groups attached to an aromatic ring is 1. The fraction of sp³-hybridized carbons (Fsp3) is 0.545. The minimum atomic E-state index is -0.183. The molecular weight excluding hydrogens is 220 g/mol. The third-order valence-corrected chi connectivity index (χ3v) is 2.64. The first-order valence-electron chi connectivity index (χ1n) is 5.59. The smallest absolute Gasteiger partial charge is 0.276 e. The van der Waals surface area contributed by atoms with Gasteiger partial charge in [-0.1, -0.05) is 0 Å². The molecule has 6 nitrogen and oxygen atoms in total. The first kappa shape index (κ1) is 11.8. The summed E-state index contributed by atoms with van der Waals surface area (Å²) in [5.41, 5.74) is 5.86. The molecule has 17 heavy (non-hydrogen) atoms. The van der Waals surface area contributed by atoms with Crippen LogP contribution in [-0.2, 0) is 4.74 Å². The van der Waals surface area contributed by atoms with E-state index in [1.54, 1.807) is 4.90 Å². The Kier molecular flexibility index (Phi) is 3.23. The van der Waals surface area contributed by atoms with Crippen molar-refractivity contribution in [1.82, 2.24) is 14.9 Å². The van der Waals surface area contributed by atoms with Gasteiger partial charge in [0.15, 0.2) is 11.5 Å². The Balaban J connectivity index is 2.17. The van der Waals surface area contributed by atoms with Crippen LogP contribution >= 0.6 is 0 Å². The van der Waals surface area contributed by atoms with Gasteiger partial charge in [-0.2, -0.15) is 0 Å². The van der Waals surface area contributed by atoms with Gasteiger partial charge in [-0.25, -0.2) is 9.97 Å². The van der Waals surface area contributed by atoms with Crippen molar-refractivity contribution in [2.24, 2.45) is 0 Å². The maximum Gasteiger partial charge on any atom is 0.276 e. The highest BCUT2D eigenvalue weighted by atomic mass is 16.5. The molecule has 6 heteroatoms. The van der Waals surface area contributed by atoms with Gasteiger partial charge in [0.2, 0.25) is 0 Å². The number of ether oxygens (including phenoxy) is 1. The van der Waals surface area contributed by atoms with E-state index in [-0.39, 0.29) is 29.6 Å². The highest BCUT2D eigenvalue weighted by molar-refractivity contribution is 5.96. The first-order valence-corrected chi connectivity index (χ1v) is 5.59. The van der Waals surface area contributed by atoms with Crippen molar-refractivity contribution in [3.8, 4) is 0 Å². The van der Waals surface area contributed by atoms with E-state index in [2.05, 4.69) is 9.97 Å². The molecule has 2 rings (SSSR count). The predicted octanol–water partition coefficient (Wildman–Crippen LogP) is 0.308. The van der Waals surface area contributed by atoms with E-state index in [4.69, 9.17) is 10.5 Å². The molecule has 0 bridgehead atoms. The molecule has 0 aromatic carbocycles. The second-order valence-corrected chi connectivity index (χ2v) is 4.26. The molecule has 0 unspecified atom stereocenters. The second kappa shape index (κ2) is 4.67. The maximum atomic E-state index is 12.2. The molecule has 92 valence electrons. The van der Waals surface area contributed by atoms with Crippen molar-refractivity contribution >= 4 is 11.7 Å². The Morgan fingerprint density at radius 2 is 1.94 bits per heavy atom. The van der Waals surface area contributed by atoms with Crippen LogP contribution in [-0.4, -0.2) is 46.1 Å². The molecule has 1 aliphatic heterocycles. The maximum absolute atomic E-state index is 12.2. The van der Waals surface area contributed by atoms with Crippen LogP contribution in [0.3, 0.4) is 0 Å². The number of nitrogens with two attached hydrogens (primary N) is 1. The van der Waals surface area contributed by atoms with E-state index in [1.807, 2.05) is 13.8 Å². The van der Waals surface area contributed by atoms with Crippen molar-refractivity contribution in [2.45, 2.75) is 26.1 Å². The minimum Gasteiger partial charge on any atom is -0.382 e. The Morgan fingerprint density at radius 3 is 2.53 bits per heavy atom. The largest absolute Gasteiger partial charge is 0.382 e. The molecule has 1 fully saturated rings. The Labute approximate surface area is 99.8 Å². The Morgan fingerprint density at radius 1 is 1.35 bits per heavy atom. The number of anilines is 1. The summed E-state index contributed by atoms with van der Waals surface area (Å²) in [4.78, 5) is 21.8. The molecule has 0 aliphatic carbocycles. The van der Waals surface area contributed by atoms with Crippen LogP contribution in [0.5, 0.6) is 0 Å². The average molecular weight is 236 g/mol. The Bertz CT molecular complexity index is 414. The number of carbonyl (C=O) groups excluding carboxylic acids is 1. The van der Waals surface area contributed by atoms with Crippen LogP contribution in [0, 0.1) is 0 Å². The lowest BCUT2D eigenvalue weighted by Crippen LogP contribution is -2.48. The van der Waals surface area contributed by atoms with Gasteiger partial charge >= 0.3 is 0 Å². The summed E-state index contributed by atoms with van der Waals surface area (Å²) in [5, 5.41) is 0. The molecule has 0 spiro atoms. The molecule has 0 saturated carbocycles. The second-order valence-electron chi connectivity index (χ2n) is 4.26. The van der Waals surface area contributed by atoms with Crippen molar-refractivity contribution < 1.29 is 9.53 Å². The summed E-state index contributed by atoms with van der Waals surface area (Å²) >= 11 is 0. The van der Waals surface area contributed by atoms with Gasteiger partial charge in [0.1, 0.15) is 0 Å². The summed E-state index contributed by atoms with van der Waals surface area (Å²) in [5.74, 6) is -0.0121. The van der Waals surface area contributed by atoms with Crippen molar-refractivity contribution in [1.29, 1.82) is 0 Å². The number of carbonyl (C=O) groups is 1. The van der Waals surface area contributed by atoms with Crippen molar-refractivity contribution in [3.63, 3.8) is 0 Å².